The van der Waals surface area contributed by atoms with Crippen molar-refractivity contribution in [3.8, 4) is 23.0 Å². The molecular formula is C47H30N4O. The van der Waals surface area contributed by atoms with Gasteiger partial charge in [-0.3, -0.25) is 9.13 Å². The van der Waals surface area contributed by atoms with E-state index in [1.807, 2.05) is 18.5 Å². The van der Waals surface area contributed by atoms with E-state index < -0.39 is 0 Å². The van der Waals surface area contributed by atoms with Crippen molar-refractivity contribution >= 4 is 76.1 Å². The van der Waals surface area contributed by atoms with Crippen LogP contribution in [0.3, 0.4) is 0 Å². The van der Waals surface area contributed by atoms with Crippen LogP contribution in [0, 0.1) is 6.92 Å². The molecule has 11 rings (SSSR count). The number of aromatic nitrogens is 4. The maximum Gasteiger partial charge on any atom is 0.146 e. The molecule has 0 fully saturated rings. The van der Waals surface area contributed by atoms with Crippen LogP contribution in [-0.2, 0) is 0 Å². The van der Waals surface area contributed by atoms with Crippen LogP contribution in [0.2, 0.25) is 0 Å². The van der Waals surface area contributed by atoms with Crippen LogP contribution >= 0.6 is 0 Å². The van der Waals surface area contributed by atoms with Gasteiger partial charge in [-0.2, -0.15) is 0 Å². The van der Waals surface area contributed by atoms with Gasteiger partial charge in [0.15, 0.2) is 0 Å². The van der Waals surface area contributed by atoms with Gasteiger partial charge in [0.2, 0.25) is 0 Å². The molecule has 3 heterocycles. The number of imidazole rings is 1. The fraction of sp³-hybridized carbons (Fsp3) is 0.0213. The van der Waals surface area contributed by atoms with Gasteiger partial charge in [0, 0.05) is 39.1 Å². The van der Waals surface area contributed by atoms with Gasteiger partial charge < -0.3 is 4.74 Å². The highest BCUT2D eigenvalue weighted by atomic mass is 16.5. The Bertz CT molecular complexity index is 3240. The zero-order valence-corrected chi connectivity index (χ0v) is 28.3. The lowest BCUT2D eigenvalue weighted by Gasteiger charge is -2.16. The highest BCUT2D eigenvalue weighted by Crippen LogP contribution is 2.41. The summed E-state index contributed by atoms with van der Waals surface area (Å²) in [6.45, 7) is 2.09. The minimum Gasteiger partial charge on any atom is -0.457 e. The number of hydrogen-bond acceptors (Lipinski definition) is 3. The normalized spacial score (nSPS) is 11.9. The van der Waals surface area contributed by atoms with E-state index in [0.717, 1.165) is 61.4 Å². The third-order valence-electron chi connectivity index (χ3n) is 10.4. The number of benzene rings is 8. The molecule has 52 heavy (non-hydrogen) atoms. The summed E-state index contributed by atoms with van der Waals surface area (Å²) >= 11 is 0. The van der Waals surface area contributed by atoms with Crippen molar-refractivity contribution in [2.75, 3.05) is 0 Å². The van der Waals surface area contributed by atoms with Crippen LogP contribution < -0.4 is 4.74 Å². The zero-order valence-electron chi connectivity index (χ0n) is 28.3. The summed E-state index contributed by atoms with van der Waals surface area (Å²) in [5.41, 5.74) is 7.32. The van der Waals surface area contributed by atoms with Crippen LogP contribution in [0.25, 0.3) is 87.6 Å². The van der Waals surface area contributed by atoms with Gasteiger partial charge in [-0.05, 0) is 88.6 Å². The molecule has 0 amide bonds. The molecule has 11 aromatic rings. The number of pyridine rings is 1. The van der Waals surface area contributed by atoms with E-state index in [1.165, 1.54) is 43.3 Å². The summed E-state index contributed by atoms with van der Waals surface area (Å²) in [7, 11) is 0. The van der Waals surface area contributed by atoms with Crippen LogP contribution in [0.1, 0.15) is 5.56 Å². The third kappa shape index (κ3) is 4.29. The summed E-state index contributed by atoms with van der Waals surface area (Å²) in [5.74, 6) is 2.40. The predicted octanol–water partition coefficient (Wildman–Crippen LogP) is 12.2. The molecule has 0 unspecified atom stereocenters. The van der Waals surface area contributed by atoms with E-state index in [1.54, 1.807) is 0 Å². The molecule has 244 valence electrons. The van der Waals surface area contributed by atoms with Crippen molar-refractivity contribution in [2.45, 2.75) is 6.92 Å². The van der Waals surface area contributed by atoms with E-state index in [0.29, 0.717) is 0 Å². The molecule has 0 atom stereocenters. The predicted molar refractivity (Wildman–Crippen MR) is 214 cm³/mol. The Morgan fingerprint density at radius 3 is 2.06 bits per heavy atom. The Balaban J connectivity index is 1.13. The number of aryl methyl sites for hydroxylation is 1. The summed E-state index contributed by atoms with van der Waals surface area (Å²) in [4.78, 5) is 10.1. The van der Waals surface area contributed by atoms with Crippen molar-refractivity contribution in [2.24, 2.45) is 0 Å². The fourth-order valence-electron chi connectivity index (χ4n) is 8.09. The maximum atomic E-state index is 6.64. The second kappa shape index (κ2) is 11.0. The molecule has 0 N–H and O–H groups in total. The summed E-state index contributed by atoms with van der Waals surface area (Å²) < 4.78 is 11.1. The largest absolute Gasteiger partial charge is 0.457 e. The molecule has 0 aliphatic heterocycles. The molecule has 0 aliphatic rings. The lowest BCUT2D eigenvalue weighted by Crippen LogP contribution is -2.01. The molecule has 0 spiro atoms. The smallest absolute Gasteiger partial charge is 0.146 e. The first-order valence-electron chi connectivity index (χ1n) is 17.6. The zero-order chi connectivity index (χ0) is 34.3. The molecule has 0 saturated carbocycles. The molecule has 3 aromatic heterocycles. The maximum absolute atomic E-state index is 6.64. The Hall–Kier alpha value is -6.98. The average Bonchev–Trinajstić information content (AvgIpc) is 3.75. The van der Waals surface area contributed by atoms with E-state index >= 15 is 0 Å². The van der Waals surface area contributed by atoms with E-state index in [9.17, 15) is 0 Å². The van der Waals surface area contributed by atoms with Gasteiger partial charge in [-0.1, -0.05) is 91.0 Å². The minimum absolute atomic E-state index is 0.751. The van der Waals surface area contributed by atoms with Gasteiger partial charge in [-0.15, -0.1) is 0 Å². The second-order valence-corrected chi connectivity index (χ2v) is 13.6. The topological polar surface area (TPSA) is 44.9 Å². The number of fused-ring (bicyclic) bond motifs is 11. The second-order valence-electron chi connectivity index (χ2n) is 13.6. The molecule has 0 aliphatic carbocycles. The van der Waals surface area contributed by atoms with Crippen molar-refractivity contribution in [1.82, 2.24) is 19.1 Å². The number of ether oxygens (including phenoxy) is 1. The van der Waals surface area contributed by atoms with Crippen LogP contribution in [-0.4, -0.2) is 19.1 Å². The third-order valence-corrected chi connectivity index (χ3v) is 10.4. The number of hydrogen-bond donors (Lipinski definition) is 0. The number of para-hydroxylation sites is 1. The molecule has 0 radical (unpaired) electrons. The van der Waals surface area contributed by atoms with Crippen molar-refractivity contribution in [1.29, 1.82) is 0 Å². The average molecular weight is 667 g/mol. The van der Waals surface area contributed by atoms with Crippen molar-refractivity contribution in [3.63, 3.8) is 0 Å². The Morgan fingerprint density at radius 1 is 0.481 bits per heavy atom. The number of nitrogens with zero attached hydrogens (tertiary/aromatic N) is 4. The highest BCUT2D eigenvalue weighted by Gasteiger charge is 2.20. The van der Waals surface area contributed by atoms with Gasteiger partial charge in [0.25, 0.3) is 0 Å². The molecule has 0 saturated heterocycles. The van der Waals surface area contributed by atoms with Crippen LogP contribution in [0.5, 0.6) is 11.5 Å². The van der Waals surface area contributed by atoms with Gasteiger partial charge >= 0.3 is 0 Å². The summed E-state index contributed by atoms with van der Waals surface area (Å²) in [5, 5.41) is 10.7. The highest BCUT2D eigenvalue weighted by molar-refractivity contribution is 6.28. The first-order valence-corrected chi connectivity index (χ1v) is 17.6. The molecular weight excluding hydrogens is 637 g/mol. The lowest BCUT2D eigenvalue weighted by atomic mass is 9.95. The monoisotopic (exact) mass is 666 g/mol. The summed E-state index contributed by atoms with van der Waals surface area (Å²) in [6.07, 6.45) is 1.88. The Kier molecular flexibility index (Phi) is 6.10. The number of rotatable bonds is 4. The molecule has 5 nitrogen and oxygen atoms in total. The van der Waals surface area contributed by atoms with E-state index in [2.05, 4.69) is 167 Å². The van der Waals surface area contributed by atoms with Crippen molar-refractivity contribution < 1.29 is 4.74 Å². The Morgan fingerprint density at radius 2 is 1.19 bits per heavy atom. The quantitative estimate of drug-likeness (QED) is 0.176. The summed E-state index contributed by atoms with van der Waals surface area (Å²) in [6, 6.07) is 55.6. The standard InChI is InChI=1S/C47H30N4O/c1-29-17-24-43-41(25-29)48-28-50(43)32-11-8-12-33(26-32)52-34-20-22-38-37-15-6-7-16-42(37)51(44(38)27-34)47-39-21-18-30-9-2-4-13-35(30)45(39)46-36-14-5-3-10-31(36)19-23-40(46)49-47/h2-28H,1H3. The first kappa shape index (κ1) is 28.8. The van der Waals surface area contributed by atoms with Gasteiger partial charge in [0.05, 0.1) is 33.3 Å². The molecule has 0 bridgehead atoms. The lowest BCUT2D eigenvalue weighted by molar-refractivity contribution is 0.483. The van der Waals surface area contributed by atoms with E-state index in [4.69, 9.17) is 9.72 Å². The minimum atomic E-state index is 0.751. The van der Waals surface area contributed by atoms with Gasteiger partial charge in [0.1, 0.15) is 23.6 Å². The van der Waals surface area contributed by atoms with Crippen LogP contribution in [0.4, 0.5) is 0 Å². The van der Waals surface area contributed by atoms with Crippen molar-refractivity contribution in [3.05, 3.63) is 170 Å². The fourth-order valence-corrected chi connectivity index (χ4v) is 8.09. The van der Waals surface area contributed by atoms with Gasteiger partial charge in [-0.25, -0.2) is 9.97 Å². The molecule has 8 aromatic carbocycles. The first-order chi connectivity index (χ1) is 25.7. The SMILES string of the molecule is Cc1ccc2c(c1)ncn2-c1cccc(Oc2ccc3c4ccccc4n(-c4nc5ccc6ccccc6c5c5c4ccc4ccccc45)c3c2)c1. The molecule has 5 heteroatoms. The van der Waals surface area contributed by atoms with Crippen LogP contribution in [0.15, 0.2) is 164 Å². The Labute approximate surface area is 298 Å². The van der Waals surface area contributed by atoms with E-state index in [-0.39, 0.29) is 0 Å².